The van der Waals surface area contributed by atoms with Crippen molar-refractivity contribution >= 4 is 29.1 Å². The van der Waals surface area contributed by atoms with E-state index in [0.717, 1.165) is 24.5 Å². The van der Waals surface area contributed by atoms with E-state index >= 15 is 0 Å². The normalized spacial score (nSPS) is 10.6. The second-order valence-electron chi connectivity index (χ2n) is 4.98. The standard InChI is InChI=1S/C15H19ClN4/c1-11(2)7-9-17-14-8-10-18-15(20-14)19-13-6-4-3-5-12(13)16/h3-6,8,10-11H,7,9H2,1-2H3,(H2,17,18,19,20). The highest BCUT2D eigenvalue weighted by Crippen LogP contribution is 2.23. The van der Waals surface area contributed by atoms with Crippen LogP contribution in [0.2, 0.25) is 5.02 Å². The van der Waals surface area contributed by atoms with Gasteiger partial charge in [0.2, 0.25) is 5.95 Å². The zero-order chi connectivity index (χ0) is 14.4. The van der Waals surface area contributed by atoms with Crippen molar-refractivity contribution in [3.8, 4) is 0 Å². The summed E-state index contributed by atoms with van der Waals surface area (Å²) in [7, 11) is 0. The summed E-state index contributed by atoms with van der Waals surface area (Å²) in [4.78, 5) is 8.61. The predicted octanol–water partition coefficient (Wildman–Crippen LogP) is 4.33. The third-order valence-electron chi connectivity index (χ3n) is 2.80. The van der Waals surface area contributed by atoms with Crippen molar-refractivity contribution in [2.45, 2.75) is 20.3 Å². The largest absolute Gasteiger partial charge is 0.370 e. The summed E-state index contributed by atoms with van der Waals surface area (Å²) in [6.45, 7) is 5.30. The molecule has 1 heterocycles. The van der Waals surface area contributed by atoms with E-state index in [1.54, 1.807) is 6.20 Å². The summed E-state index contributed by atoms with van der Waals surface area (Å²) in [6.07, 6.45) is 2.83. The van der Waals surface area contributed by atoms with Crippen molar-refractivity contribution < 1.29 is 0 Å². The molecule has 5 heteroatoms. The number of rotatable bonds is 6. The van der Waals surface area contributed by atoms with Crippen molar-refractivity contribution in [2.24, 2.45) is 5.92 Å². The molecule has 1 aromatic carbocycles. The number of nitrogens with one attached hydrogen (secondary N) is 2. The number of aromatic nitrogens is 2. The van der Waals surface area contributed by atoms with Gasteiger partial charge < -0.3 is 10.6 Å². The summed E-state index contributed by atoms with van der Waals surface area (Å²) in [5.41, 5.74) is 0.800. The first kappa shape index (κ1) is 14.6. The summed E-state index contributed by atoms with van der Waals surface area (Å²) >= 11 is 6.10. The van der Waals surface area contributed by atoms with Gasteiger partial charge in [0.1, 0.15) is 5.82 Å². The molecule has 2 rings (SSSR count). The van der Waals surface area contributed by atoms with E-state index < -0.39 is 0 Å². The lowest BCUT2D eigenvalue weighted by molar-refractivity contribution is 0.606. The van der Waals surface area contributed by atoms with Gasteiger partial charge in [-0.05, 0) is 30.5 Å². The number of nitrogens with zero attached hydrogens (tertiary/aromatic N) is 2. The molecule has 0 saturated carbocycles. The second kappa shape index (κ2) is 7.10. The Balaban J connectivity index is 2.01. The van der Waals surface area contributed by atoms with Gasteiger partial charge in [0, 0.05) is 12.7 Å². The Morgan fingerprint density at radius 2 is 2.00 bits per heavy atom. The molecule has 0 bridgehead atoms. The number of hydrogen-bond donors (Lipinski definition) is 2. The average molecular weight is 291 g/mol. The van der Waals surface area contributed by atoms with Crippen LogP contribution >= 0.6 is 11.6 Å². The van der Waals surface area contributed by atoms with E-state index in [1.807, 2.05) is 30.3 Å². The molecule has 20 heavy (non-hydrogen) atoms. The summed E-state index contributed by atoms with van der Waals surface area (Å²) in [5, 5.41) is 7.06. The van der Waals surface area contributed by atoms with Crippen LogP contribution in [0.5, 0.6) is 0 Å². The fourth-order valence-corrected chi connectivity index (χ4v) is 1.87. The average Bonchev–Trinajstić information content (AvgIpc) is 2.41. The summed E-state index contributed by atoms with van der Waals surface area (Å²) < 4.78 is 0. The van der Waals surface area contributed by atoms with Crippen molar-refractivity contribution in [3.63, 3.8) is 0 Å². The summed E-state index contributed by atoms with van der Waals surface area (Å²) in [6, 6.07) is 9.38. The molecule has 0 saturated heterocycles. The number of para-hydroxylation sites is 1. The van der Waals surface area contributed by atoms with Gasteiger partial charge in [0.05, 0.1) is 10.7 Å². The van der Waals surface area contributed by atoms with Gasteiger partial charge in [-0.2, -0.15) is 4.98 Å². The van der Waals surface area contributed by atoms with Crippen LogP contribution in [0.1, 0.15) is 20.3 Å². The molecule has 106 valence electrons. The van der Waals surface area contributed by atoms with Crippen LogP contribution in [0.4, 0.5) is 17.5 Å². The Hall–Kier alpha value is -1.81. The lowest BCUT2D eigenvalue weighted by atomic mass is 10.1. The van der Waals surface area contributed by atoms with E-state index in [4.69, 9.17) is 11.6 Å². The van der Waals surface area contributed by atoms with Crippen molar-refractivity contribution in [2.75, 3.05) is 17.2 Å². The first-order valence-corrected chi connectivity index (χ1v) is 7.11. The van der Waals surface area contributed by atoms with Crippen LogP contribution in [0.15, 0.2) is 36.5 Å². The fourth-order valence-electron chi connectivity index (χ4n) is 1.69. The minimum Gasteiger partial charge on any atom is -0.370 e. The van der Waals surface area contributed by atoms with Gasteiger partial charge in [-0.3, -0.25) is 0 Å². The molecule has 2 N–H and O–H groups in total. The zero-order valence-electron chi connectivity index (χ0n) is 11.7. The highest BCUT2D eigenvalue weighted by atomic mass is 35.5. The molecule has 2 aromatic rings. The molecule has 0 unspecified atom stereocenters. The fraction of sp³-hybridized carbons (Fsp3) is 0.333. The van der Waals surface area contributed by atoms with Crippen molar-refractivity contribution in [1.82, 2.24) is 9.97 Å². The zero-order valence-corrected chi connectivity index (χ0v) is 12.5. The van der Waals surface area contributed by atoms with Crippen molar-refractivity contribution in [3.05, 3.63) is 41.6 Å². The molecule has 0 radical (unpaired) electrons. The Morgan fingerprint density at radius 1 is 1.20 bits per heavy atom. The maximum atomic E-state index is 6.10. The van der Waals surface area contributed by atoms with Gasteiger partial charge >= 0.3 is 0 Å². The third kappa shape index (κ3) is 4.38. The van der Waals surface area contributed by atoms with E-state index in [9.17, 15) is 0 Å². The summed E-state index contributed by atoms with van der Waals surface area (Å²) in [5.74, 6) is 2.02. The van der Waals surface area contributed by atoms with Crippen LogP contribution in [-0.2, 0) is 0 Å². The quantitative estimate of drug-likeness (QED) is 0.831. The molecule has 0 fully saturated rings. The molecule has 0 atom stereocenters. The van der Waals surface area contributed by atoms with Crippen LogP contribution < -0.4 is 10.6 Å². The second-order valence-corrected chi connectivity index (χ2v) is 5.39. The van der Waals surface area contributed by atoms with Crippen LogP contribution in [0.25, 0.3) is 0 Å². The smallest absolute Gasteiger partial charge is 0.229 e. The van der Waals surface area contributed by atoms with E-state index in [0.29, 0.717) is 16.9 Å². The van der Waals surface area contributed by atoms with E-state index in [-0.39, 0.29) is 0 Å². The molecule has 0 spiro atoms. The molecule has 0 aliphatic rings. The van der Waals surface area contributed by atoms with Crippen molar-refractivity contribution in [1.29, 1.82) is 0 Å². The molecule has 4 nitrogen and oxygen atoms in total. The van der Waals surface area contributed by atoms with Crippen LogP contribution in [-0.4, -0.2) is 16.5 Å². The minimum atomic E-state index is 0.535. The number of benzene rings is 1. The van der Waals surface area contributed by atoms with Gasteiger partial charge in [-0.25, -0.2) is 4.98 Å². The number of anilines is 3. The Bertz CT molecular complexity index is 557. The monoisotopic (exact) mass is 290 g/mol. The lowest BCUT2D eigenvalue weighted by Gasteiger charge is -2.10. The number of halogens is 1. The topological polar surface area (TPSA) is 49.8 Å². The highest BCUT2D eigenvalue weighted by molar-refractivity contribution is 6.33. The SMILES string of the molecule is CC(C)CCNc1ccnc(Nc2ccccc2Cl)n1. The Morgan fingerprint density at radius 3 is 2.75 bits per heavy atom. The first-order valence-electron chi connectivity index (χ1n) is 6.73. The maximum Gasteiger partial charge on any atom is 0.229 e. The van der Waals surface area contributed by atoms with Crippen LogP contribution in [0, 0.1) is 5.92 Å². The Kier molecular flexibility index (Phi) is 5.18. The molecular weight excluding hydrogens is 272 g/mol. The molecular formula is C15H19ClN4. The third-order valence-corrected chi connectivity index (χ3v) is 3.13. The maximum absolute atomic E-state index is 6.10. The predicted molar refractivity (Wildman–Crippen MR) is 84.7 cm³/mol. The molecule has 0 amide bonds. The van der Waals surface area contributed by atoms with E-state index in [1.165, 1.54) is 0 Å². The first-order chi connectivity index (χ1) is 9.65. The van der Waals surface area contributed by atoms with Gasteiger partial charge in [0.15, 0.2) is 0 Å². The highest BCUT2D eigenvalue weighted by Gasteiger charge is 2.03. The molecule has 0 aliphatic heterocycles. The Labute approximate surface area is 124 Å². The molecule has 0 aliphatic carbocycles. The van der Waals surface area contributed by atoms with Gasteiger partial charge in [-0.15, -0.1) is 0 Å². The van der Waals surface area contributed by atoms with E-state index in [2.05, 4.69) is 34.4 Å². The van der Waals surface area contributed by atoms with Crippen LogP contribution in [0.3, 0.4) is 0 Å². The molecule has 1 aromatic heterocycles. The minimum absolute atomic E-state index is 0.535. The van der Waals surface area contributed by atoms with Gasteiger partial charge in [0.25, 0.3) is 0 Å². The number of hydrogen-bond acceptors (Lipinski definition) is 4. The lowest BCUT2D eigenvalue weighted by Crippen LogP contribution is -2.07. The van der Waals surface area contributed by atoms with Gasteiger partial charge in [-0.1, -0.05) is 37.6 Å².